The molecule has 0 atom stereocenters. The van der Waals surface area contributed by atoms with Gasteiger partial charge in [0.15, 0.2) is 0 Å². The van der Waals surface area contributed by atoms with E-state index in [1.807, 2.05) is 18.2 Å². The molecule has 0 aliphatic heterocycles. The molecule has 1 aromatic carbocycles. The Morgan fingerprint density at radius 3 is 2.69 bits per heavy atom. The van der Waals surface area contributed by atoms with Crippen LogP contribution in [0.2, 0.25) is 0 Å². The molecular formula is C13H18O3. The molecule has 88 valence electrons. The number of unbranched alkanes of at least 4 members (excludes halogenated alkanes) is 2. The van der Waals surface area contributed by atoms with Crippen LogP contribution in [0, 0.1) is 0 Å². The van der Waals surface area contributed by atoms with Crippen molar-refractivity contribution in [2.24, 2.45) is 0 Å². The number of ether oxygens (including phenoxy) is 2. The Labute approximate surface area is 96.4 Å². The highest BCUT2D eigenvalue weighted by Gasteiger charge is 2.07. The van der Waals surface area contributed by atoms with Crippen LogP contribution < -0.4 is 4.74 Å². The van der Waals surface area contributed by atoms with Crippen LogP contribution in [0.4, 0.5) is 4.79 Å². The number of hydrogen-bond donors (Lipinski definition) is 0. The Hall–Kier alpha value is -1.51. The van der Waals surface area contributed by atoms with Gasteiger partial charge in [0.1, 0.15) is 5.75 Å². The highest BCUT2D eigenvalue weighted by Crippen LogP contribution is 2.20. The maximum atomic E-state index is 11.0. The molecule has 0 heterocycles. The smallest absolute Gasteiger partial charge is 0.437 e. The number of hydrogen-bond acceptors (Lipinski definition) is 3. The quantitative estimate of drug-likeness (QED) is 0.434. The molecule has 0 aliphatic rings. The van der Waals surface area contributed by atoms with Gasteiger partial charge in [-0.05, 0) is 24.5 Å². The molecule has 0 fully saturated rings. The fraction of sp³-hybridized carbons (Fsp3) is 0.462. The first kappa shape index (κ1) is 12.6. The van der Waals surface area contributed by atoms with E-state index in [0.717, 1.165) is 18.4 Å². The van der Waals surface area contributed by atoms with Crippen LogP contribution in [-0.4, -0.2) is 13.3 Å². The zero-order valence-corrected chi connectivity index (χ0v) is 9.86. The van der Waals surface area contributed by atoms with Crippen LogP contribution in [0.3, 0.4) is 0 Å². The first-order valence-corrected chi connectivity index (χ1v) is 5.61. The molecule has 0 saturated carbocycles. The Morgan fingerprint density at radius 2 is 2.00 bits per heavy atom. The molecule has 3 nitrogen and oxygen atoms in total. The first-order valence-electron chi connectivity index (χ1n) is 5.61. The van der Waals surface area contributed by atoms with Gasteiger partial charge in [0, 0.05) is 0 Å². The Morgan fingerprint density at radius 1 is 1.25 bits per heavy atom. The number of para-hydroxylation sites is 1. The van der Waals surface area contributed by atoms with Crippen LogP contribution in [0.5, 0.6) is 5.75 Å². The molecule has 0 spiro atoms. The minimum absolute atomic E-state index is 0.602. The van der Waals surface area contributed by atoms with Crippen LogP contribution in [0.15, 0.2) is 24.3 Å². The second-order valence-electron chi connectivity index (χ2n) is 3.62. The molecule has 0 bridgehead atoms. The van der Waals surface area contributed by atoms with E-state index in [0.29, 0.717) is 5.75 Å². The summed E-state index contributed by atoms with van der Waals surface area (Å²) in [7, 11) is 1.31. The molecule has 1 aromatic rings. The van der Waals surface area contributed by atoms with Crippen molar-refractivity contribution in [1.82, 2.24) is 0 Å². The van der Waals surface area contributed by atoms with Gasteiger partial charge in [-0.3, -0.25) is 0 Å². The normalized spacial score (nSPS) is 9.88. The Balaban J connectivity index is 2.63. The van der Waals surface area contributed by atoms with Gasteiger partial charge in [-0.25, -0.2) is 4.79 Å². The average Bonchev–Trinajstić information content (AvgIpc) is 2.31. The number of carbonyl (C=O) groups excluding carboxylic acids is 1. The predicted octanol–water partition coefficient (Wildman–Crippen LogP) is 3.56. The summed E-state index contributed by atoms with van der Waals surface area (Å²) in [4.78, 5) is 11.0. The third-order valence-corrected chi connectivity index (χ3v) is 2.38. The molecule has 1 rings (SSSR count). The zero-order valence-electron chi connectivity index (χ0n) is 9.86. The van der Waals surface area contributed by atoms with Gasteiger partial charge in [-0.15, -0.1) is 0 Å². The molecular weight excluding hydrogens is 204 g/mol. The van der Waals surface area contributed by atoms with Crippen molar-refractivity contribution < 1.29 is 14.3 Å². The van der Waals surface area contributed by atoms with Gasteiger partial charge in [0.25, 0.3) is 0 Å². The van der Waals surface area contributed by atoms with E-state index in [2.05, 4.69) is 11.7 Å². The van der Waals surface area contributed by atoms with E-state index in [4.69, 9.17) is 4.74 Å². The zero-order chi connectivity index (χ0) is 11.8. The van der Waals surface area contributed by atoms with Crippen LogP contribution in [0.1, 0.15) is 31.7 Å². The summed E-state index contributed by atoms with van der Waals surface area (Å²) in [5.41, 5.74) is 1.06. The van der Waals surface area contributed by atoms with Gasteiger partial charge >= 0.3 is 6.16 Å². The standard InChI is InChI=1S/C13H18O3/c1-3-4-5-8-11-9-6-7-10-12(11)16-13(14)15-2/h6-7,9-10H,3-5,8H2,1-2H3. The summed E-state index contributed by atoms with van der Waals surface area (Å²) in [6.07, 6.45) is 3.74. The lowest BCUT2D eigenvalue weighted by atomic mass is 10.1. The van der Waals surface area contributed by atoms with Gasteiger partial charge in [0.2, 0.25) is 0 Å². The maximum absolute atomic E-state index is 11.0. The average molecular weight is 222 g/mol. The fourth-order valence-corrected chi connectivity index (χ4v) is 1.51. The lowest BCUT2D eigenvalue weighted by molar-refractivity contribution is 0.121. The molecule has 0 aliphatic carbocycles. The molecule has 16 heavy (non-hydrogen) atoms. The van der Waals surface area contributed by atoms with E-state index in [9.17, 15) is 4.79 Å². The van der Waals surface area contributed by atoms with Crippen molar-refractivity contribution >= 4 is 6.16 Å². The van der Waals surface area contributed by atoms with Crippen molar-refractivity contribution in [2.45, 2.75) is 32.6 Å². The monoisotopic (exact) mass is 222 g/mol. The number of carbonyl (C=O) groups is 1. The summed E-state index contributed by atoms with van der Waals surface area (Å²) < 4.78 is 9.54. The summed E-state index contributed by atoms with van der Waals surface area (Å²) >= 11 is 0. The highest BCUT2D eigenvalue weighted by molar-refractivity contribution is 5.64. The summed E-state index contributed by atoms with van der Waals surface area (Å²) in [6.45, 7) is 2.16. The maximum Gasteiger partial charge on any atom is 0.513 e. The number of methoxy groups -OCH3 is 1. The summed E-state index contributed by atoms with van der Waals surface area (Å²) in [6, 6.07) is 7.57. The molecule has 0 saturated heterocycles. The Bertz CT molecular complexity index is 334. The molecule has 0 N–H and O–H groups in total. The second kappa shape index (κ2) is 6.88. The molecule has 0 radical (unpaired) electrons. The second-order valence-corrected chi connectivity index (χ2v) is 3.62. The van der Waals surface area contributed by atoms with Crippen molar-refractivity contribution in [2.75, 3.05) is 7.11 Å². The molecule has 0 amide bonds. The van der Waals surface area contributed by atoms with Crippen molar-refractivity contribution in [3.63, 3.8) is 0 Å². The predicted molar refractivity (Wildman–Crippen MR) is 62.7 cm³/mol. The number of benzene rings is 1. The fourth-order valence-electron chi connectivity index (χ4n) is 1.51. The van der Waals surface area contributed by atoms with Gasteiger partial charge in [0.05, 0.1) is 7.11 Å². The topological polar surface area (TPSA) is 35.5 Å². The van der Waals surface area contributed by atoms with E-state index < -0.39 is 6.16 Å². The molecule has 0 aromatic heterocycles. The number of rotatable bonds is 5. The largest absolute Gasteiger partial charge is 0.513 e. The summed E-state index contributed by atoms with van der Waals surface area (Å²) in [5.74, 6) is 0.602. The van der Waals surface area contributed by atoms with Crippen molar-refractivity contribution in [3.05, 3.63) is 29.8 Å². The minimum atomic E-state index is -0.664. The number of aryl methyl sites for hydroxylation is 1. The van der Waals surface area contributed by atoms with Gasteiger partial charge in [-0.2, -0.15) is 0 Å². The van der Waals surface area contributed by atoms with Crippen LogP contribution in [0.25, 0.3) is 0 Å². The van der Waals surface area contributed by atoms with E-state index in [1.54, 1.807) is 6.07 Å². The lowest BCUT2D eigenvalue weighted by Crippen LogP contribution is -2.08. The van der Waals surface area contributed by atoms with Crippen molar-refractivity contribution in [1.29, 1.82) is 0 Å². The molecule has 0 unspecified atom stereocenters. The van der Waals surface area contributed by atoms with E-state index in [1.165, 1.54) is 20.0 Å². The van der Waals surface area contributed by atoms with Gasteiger partial charge in [-0.1, -0.05) is 38.0 Å². The van der Waals surface area contributed by atoms with Crippen LogP contribution in [-0.2, 0) is 11.2 Å². The lowest BCUT2D eigenvalue weighted by Gasteiger charge is -2.08. The first-order chi connectivity index (χ1) is 7.77. The van der Waals surface area contributed by atoms with E-state index in [-0.39, 0.29) is 0 Å². The van der Waals surface area contributed by atoms with Crippen molar-refractivity contribution in [3.8, 4) is 5.75 Å². The van der Waals surface area contributed by atoms with E-state index >= 15 is 0 Å². The SMILES string of the molecule is CCCCCc1ccccc1OC(=O)OC. The third-order valence-electron chi connectivity index (χ3n) is 2.38. The Kier molecular flexibility index (Phi) is 5.40. The third kappa shape index (κ3) is 3.93. The van der Waals surface area contributed by atoms with Crippen LogP contribution >= 0.6 is 0 Å². The summed E-state index contributed by atoms with van der Waals surface area (Å²) in [5, 5.41) is 0. The minimum Gasteiger partial charge on any atom is -0.437 e. The molecule has 3 heteroatoms. The van der Waals surface area contributed by atoms with Gasteiger partial charge < -0.3 is 9.47 Å². The highest BCUT2D eigenvalue weighted by atomic mass is 16.7.